The number of aryl methyl sites for hydroxylation is 1. The molecule has 1 N–H and O–H groups in total. The maximum Gasteiger partial charge on any atom is 0.338 e. The van der Waals surface area contributed by atoms with Crippen molar-refractivity contribution in [3.63, 3.8) is 0 Å². The van der Waals surface area contributed by atoms with E-state index in [1.165, 1.54) is 69.9 Å². The minimum Gasteiger partial charge on any atom is -0.462 e. The highest BCUT2D eigenvalue weighted by molar-refractivity contribution is 5.94. The molecule has 2 aromatic rings. The number of hydrogen-bond donors (Lipinski definition) is 1. The number of ether oxygens (including phenoxy) is 1. The van der Waals surface area contributed by atoms with Gasteiger partial charge in [0.15, 0.2) is 0 Å². The minimum atomic E-state index is -0.244. The Labute approximate surface area is 158 Å². The second-order valence-electron chi connectivity index (χ2n) is 7.25. The topological polar surface area (TPSA) is 42.1 Å². The first-order valence-electron chi connectivity index (χ1n) is 10.5. The van der Waals surface area contributed by atoms with Crippen LogP contribution in [-0.4, -0.2) is 17.6 Å². The van der Waals surface area contributed by atoms with Gasteiger partial charge in [0, 0.05) is 16.6 Å². The summed E-state index contributed by atoms with van der Waals surface area (Å²) in [4.78, 5) is 15.3. The fourth-order valence-corrected chi connectivity index (χ4v) is 3.47. The number of fused-ring (bicyclic) bond motifs is 1. The third-order valence-corrected chi connectivity index (χ3v) is 4.99. The summed E-state index contributed by atoms with van der Waals surface area (Å²) in [5, 5.41) is 1.10. The smallest absolute Gasteiger partial charge is 0.338 e. The van der Waals surface area contributed by atoms with E-state index in [1.807, 2.05) is 25.1 Å². The van der Waals surface area contributed by atoms with Crippen LogP contribution in [0.25, 0.3) is 10.9 Å². The van der Waals surface area contributed by atoms with Crippen LogP contribution in [0.3, 0.4) is 0 Å². The van der Waals surface area contributed by atoms with Gasteiger partial charge in [0.1, 0.15) is 0 Å². The first kappa shape index (κ1) is 20.5. The van der Waals surface area contributed by atoms with Gasteiger partial charge in [-0.2, -0.15) is 0 Å². The van der Waals surface area contributed by atoms with Crippen molar-refractivity contribution in [1.29, 1.82) is 0 Å². The maximum absolute atomic E-state index is 11.8. The van der Waals surface area contributed by atoms with Crippen molar-refractivity contribution in [2.45, 2.75) is 84.5 Å². The van der Waals surface area contributed by atoms with E-state index in [0.717, 1.165) is 17.3 Å². The van der Waals surface area contributed by atoms with E-state index in [0.29, 0.717) is 12.2 Å². The molecule has 0 bridgehead atoms. The normalized spacial score (nSPS) is 11.2. The minimum absolute atomic E-state index is 0.244. The number of esters is 1. The van der Waals surface area contributed by atoms with Crippen LogP contribution in [0, 0.1) is 0 Å². The molecule has 0 aliphatic heterocycles. The van der Waals surface area contributed by atoms with E-state index in [9.17, 15) is 4.79 Å². The molecule has 0 amide bonds. The number of benzene rings is 1. The summed E-state index contributed by atoms with van der Waals surface area (Å²) in [6, 6.07) is 7.91. The van der Waals surface area contributed by atoms with Crippen molar-refractivity contribution in [2.75, 3.05) is 6.61 Å². The van der Waals surface area contributed by atoms with Crippen LogP contribution >= 0.6 is 0 Å². The van der Waals surface area contributed by atoms with Gasteiger partial charge in [0.05, 0.1) is 12.2 Å². The van der Waals surface area contributed by atoms with Crippen molar-refractivity contribution in [3.05, 3.63) is 35.5 Å². The van der Waals surface area contributed by atoms with Crippen molar-refractivity contribution >= 4 is 16.9 Å². The summed E-state index contributed by atoms with van der Waals surface area (Å²) in [6.45, 7) is 4.51. The number of rotatable bonds is 13. The molecule has 3 nitrogen and oxygen atoms in total. The van der Waals surface area contributed by atoms with Gasteiger partial charge >= 0.3 is 5.97 Å². The molecule has 0 aliphatic carbocycles. The first-order chi connectivity index (χ1) is 12.7. The Morgan fingerprint density at radius 1 is 0.885 bits per heavy atom. The van der Waals surface area contributed by atoms with E-state index < -0.39 is 0 Å². The zero-order valence-electron chi connectivity index (χ0n) is 16.6. The number of carbonyl (C=O) groups excluding carboxylic acids is 1. The lowest BCUT2D eigenvalue weighted by atomic mass is 10.1. The average molecular weight is 358 g/mol. The van der Waals surface area contributed by atoms with Gasteiger partial charge in [-0.05, 0) is 44.0 Å². The van der Waals surface area contributed by atoms with Gasteiger partial charge in [0.2, 0.25) is 0 Å². The Kier molecular flexibility index (Phi) is 9.30. The molecule has 0 saturated heterocycles. The van der Waals surface area contributed by atoms with Gasteiger partial charge in [-0.1, -0.05) is 64.7 Å². The predicted octanol–water partition coefficient (Wildman–Crippen LogP) is 6.81. The summed E-state index contributed by atoms with van der Waals surface area (Å²) < 4.78 is 5.07. The van der Waals surface area contributed by atoms with Crippen molar-refractivity contribution < 1.29 is 9.53 Å². The molecule has 1 aromatic carbocycles. The number of hydrogen-bond acceptors (Lipinski definition) is 2. The van der Waals surface area contributed by atoms with E-state index >= 15 is 0 Å². The van der Waals surface area contributed by atoms with Crippen LogP contribution in [0.2, 0.25) is 0 Å². The van der Waals surface area contributed by atoms with Crippen LogP contribution < -0.4 is 0 Å². The molecular formula is C23H35NO2. The fourth-order valence-electron chi connectivity index (χ4n) is 3.47. The highest BCUT2D eigenvalue weighted by atomic mass is 16.5. The molecule has 1 heterocycles. The number of carbonyl (C=O) groups is 1. The molecule has 0 spiro atoms. The lowest BCUT2D eigenvalue weighted by Crippen LogP contribution is -2.03. The summed E-state index contributed by atoms with van der Waals surface area (Å²) >= 11 is 0. The maximum atomic E-state index is 11.8. The number of aromatic amines is 1. The van der Waals surface area contributed by atoms with Gasteiger partial charge in [-0.3, -0.25) is 0 Å². The molecule has 0 atom stereocenters. The van der Waals surface area contributed by atoms with Crippen LogP contribution in [0.1, 0.15) is 94.1 Å². The number of nitrogens with one attached hydrogen (secondary N) is 1. The molecule has 0 unspecified atom stereocenters. The quantitative estimate of drug-likeness (QED) is 0.316. The van der Waals surface area contributed by atoms with Gasteiger partial charge in [0.25, 0.3) is 0 Å². The van der Waals surface area contributed by atoms with Gasteiger partial charge in [-0.25, -0.2) is 4.79 Å². The third-order valence-electron chi connectivity index (χ3n) is 4.99. The largest absolute Gasteiger partial charge is 0.462 e. The Bertz CT molecular complexity index is 659. The zero-order valence-corrected chi connectivity index (χ0v) is 16.6. The molecule has 144 valence electrons. The first-order valence-corrected chi connectivity index (χ1v) is 10.5. The standard InChI is InChI=1S/C23H35NO2/c1-3-5-6-7-8-9-10-11-12-13-14-21-18-20-17-19(23(25)26-4-2)15-16-22(20)24-21/h15-18,24H,3-14H2,1-2H3. The summed E-state index contributed by atoms with van der Waals surface area (Å²) in [7, 11) is 0. The number of unbranched alkanes of at least 4 members (excludes halogenated alkanes) is 9. The highest BCUT2D eigenvalue weighted by Crippen LogP contribution is 2.20. The molecular weight excluding hydrogens is 322 g/mol. The van der Waals surface area contributed by atoms with E-state index in [4.69, 9.17) is 4.74 Å². The van der Waals surface area contributed by atoms with Crippen LogP contribution in [0.15, 0.2) is 24.3 Å². The van der Waals surface area contributed by atoms with E-state index in [-0.39, 0.29) is 5.97 Å². The fraction of sp³-hybridized carbons (Fsp3) is 0.609. The van der Waals surface area contributed by atoms with E-state index in [1.54, 1.807) is 0 Å². The monoisotopic (exact) mass is 357 g/mol. The highest BCUT2D eigenvalue weighted by Gasteiger charge is 2.08. The molecule has 0 saturated carbocycles. The zero-order chi connectivity index (χ0) is 18.6. The van der Waals surface area contributed by atoms with Crippen LogP contribution in [-0.2, 0) is 11.2 Å². The lowest BCUT2D eigenvalue weighted by molar-refractivity contribution is 0.0526. The Morgan fingerprint density at radius 3 is 2.19 bits per heavy atom. The van der Waals surface area contributed by atoms with Crippen molar-refractivity contribution in [2.24, 2.45) is 0 Å². The van der Waals surface area contributed by atoms with Crippen LogP contribution in [0.5, 0.6) is 0 Å². The molecule has 3 heteroatoms. The van der Waals surface area contributed by atoms with Crippen molar-refractivity contribution in [3.8, 4) is 0 Å². The number of H-pyrrole nitrogens is 1. The Balaban J connectivity index is 1.67. The SMILES string of the molecule is CCCCCCCCCCCCc1cc2cc(C(=O)OCC)ccc2[nH]1. The second-order valence-corrected chi connectivity index (χ2v) is 7.25. The molecule has 0 radical (unpaired) electrons. The van der Waals surface area contributed by atoms with Crippen LogP contribution in [0.4, 0.5) is 0 Å². The molecule has 1 aromatic heterocycles. The molecule has 2 rings (SSSR count). The van der Waals surface area contributed by atoms with Gasteiger partial charge in [-0.15, -0.1) is 0 Å². The third kappa shape index (κ3) is 6.86. The Morgan fingerprint density at radius 2 is 1.54 bits per heavy atom. The number of aromatic nitrogens is 1. The predicted molar refractivity (Wildman–Crippen MR) is 110 cm³/mol. The molecule has 26 heavy (non-hydrogen) atoms. The molecule has 0 fully saturated rings. The van der Waals surface area contributed by atoms with Gasteiger partial charge < -0.3 is 9.72 Å². The second kappa shape index (κ2) is 11.8. The average Bonchev–Trinajstić information content (AvgIpc) is 3.05. The van der Waals surface area contributed by atoms with E-state index in [2.05, 4.69) is 18.0 Å². The molecule has 0 aliphatic rings. The summed E-state index contributed by atoms with van der Waals surface area (Å²) in [5.74, 6) is -0.244. The Hall–Kier alpha value is -1.77. The van der Waals surface area contributed by atoms with Crippen molar-refractivity contribution in [1.82, 2.24) is 4.98 Å². The lowest BCUT2D eigenvalue weighted by Gasteiger charge is -2.02. The summed E-state index contributed by atoms with van der Waals surface area (Å²) in [6.07, 6.45) is 14.7. The summed E-state index contributed by atoms with van der Waals surface area (Å²) in [5.41, 5.74) is 2.99.